The Labute approximate surface area is 161 Å². The fourth-order valence-corrected chi connectivity index (χ4v) is 2.70. The van der Waals surface area contributed by atoms with E-state index in [0.717, 1.165) is 17.0 Å². The smallest absolute Gasteiger partial charge is 0.255 e. The molecule has 0 aliphatic carbocycles. The Morgan fingerprint density at radius 3 is 2.07 bits per heavy atom. The second-order valence-corrected chi connectivity index (χ2v) is 7.58. The van der Waals surface area contributed by atoms with E-state index in [1.165, 1.54) is 5.56 Å². The van der Waals surface area contributed by atoms with E-state index in [-0.39, 0.29) is 11.3 Å². The van der Waals surface area contributed by atoms with Crippen molar-refractivity contribution in [3.05, 3.63) is 95.6 Å². The van der Waals surface area contributed by atoms with Crippen LogP contribution in [-0.2, 0) is 12.0 Å². The number of benzene rings is 3. The minimum absolute atomic E-state index is 0.0954. The van der Waals surface area contributed by atoms with Gasteiger partial charge in [-0.05, 0) is 52.9 Å². The highest BCUT2D eigenvalue weighted by atomic mass is 16.5. The standard InChI is InChI=1S/C24H25NO2/c1-24(2,3)20-11-13-21(14-12-20)25-23(26)19-9-15-22(16-10-19)27-17-18-7-5-4-6-8-18/h4-16H,17H2,1-3H3,(H,25,26). The molecule has 0 bridgehead atoms. The van der Waals surface area contributed by atoms with Crippen molar-refractivity contribution in [2.75, 3.05) is 5.32 Å². The lowest BCUT2D eigenvalue weighted by Gasteiger charge is -2.19. The molecule has 0 unspecified atom stereocenters. The van der Waals surface area contributed by atoms with Gasteiger partial charge in [0.1, 0.15) is 12.4 Å². The summed E-state index contributed by atoms with van der Waals surface area (Å²) in [6.07, 6.45) is 0. The highest BCUT2D eigenvalue weighted by Crippen LogP contribution is 2.24. The van der Waals surface area contributed by atoms with Gasteiger partial charge in [0.15, 0.2) is 0 Å². The second-order valence-electron chi connectivity index (χ2n) is 7.58. The molecule has 3 aromatic carbocycles. The Hall–Kier alpha value is -3.07. The van der Waals surface area contributed by atoms with E-state index in [9.17, 15) is 4.79 Å². The van der Waals surface area contributed by atoms with Crippen molar-refractivity contribution in [3.63, 3.8) is 0 Å². The zero-order valence-electron chi connectivity index (χ0n) is 16.0. The SMILES string of the molecule is CC(C)(C)c1ccc(NC(=O)c2ccc(OCc3ccccc3)cc2)cc1. The van der Waals surface area contributed by atoms with Crippen molar-refractivity contribution in [2.24, 2.45) is 0 Å². The third-order valence-corrected chi connectivity index (χ3v) is 4.37. The highest BCUT2D eigenvalue weighted by molar-refractivity contribution is 6.04. The van der Waals surface area contributed by atoms with Crippen molar-refractivity contribution >= 4 is 11.6 Å². The van der Waals surface area contributed by atoms with Gasteiger partial charge in [0.2, 0.25) is 0 Å². The first-order valence-electron chi connectivity index (χ1n) is 9.10. The van der Waals surface area contributed by atoms with Gasteiger partial charge in [0, 0.05) is 11.3 Å². The Balaban J connectivity index is 1.58. The van der Waals surface area contributed by atoms with Crippen LogP contribution in [0.15, 0.2) is 78.9 Å². The Morgan fingerprint density at radius 2 is 1.48 bits per heavy atom. The van der Waals surface area contributed by atoms with E-state index in [1.807, 2.05) is 54.6 Å². The molecule has 3 rings (SSSR count). The third kappa shape index (κ3) is 5.20. The molecule has 1 N–H and O–H groups in total. The van der Waals surface area contributed by atoms with E-state index < -0.39 is 0 Å². The molecule has 0 saturated heterocycles. The third-order valence-electron chi connectivity index (χ3n) is 4.37. The van der Waals surface area contributed by atoms with Crippen LogP contribution in [0.2, 0.25) is 0 Å². The summed E-state index contributed by atoms with van der Waals surface area (Å²) in [6.45, 7) is 7.01. The lowest BCUT2D eigenvalue weighted by Crippen LogP contribution is -2.13. The molecule has 0 saturated carbocycles. The number of hydrogen-bond donors (Lipinski definition) is 1. The summed E-state index contributed by atoms with van der Waals surface area (Å²) in [4.78, 5) is 12.4. The van der Waals surface area contributed by atoms with Crippen LogP contribution < -0.4 is 10.1 Å². The number of nitrogens with one attached hydrogen (secondary N) is 1. The van der Waals surface area contributed by atoms with Crippen LogP contribution in [0.25, 0.3) is 0 Å². The minimum Gasteiger partial charge on any atom is -0.489 e. The van der Waals surface area contributed by atoms with E-state index in [4.69, 9.17) is 4.74 Å². The summed E-state index contributed by atoms with van der Waals surface area (Å²) in [5.74, 6) is 0.609. The van der Waals surface area contributed by atoms with Gasteiger partial charge in [0.25, 0.3) is 5.91 Å². The fourth-order valence-electron chi connectivity index (χ4n) is 2.70. The summed E-state index contributed by atoms with van der Waals surface area (Å²) >= 11 is 0. The van der Waals surface area contributed by atoms with Crippen LogP contribution in [0.5, 0.6) is 5.75 Å². The number of amides is 1. The van der Waals surface area contributed by atoms with E-state index >= 15 is 0 Å². The number of rotatable bonds is 5. The summed E-state index contributed by atoms with van der Waals surface area (Å²) in [5.41, 5.74) is 3.83. The number of ether oxygens (including phenoxy) is 1. The Kier molecular flexibility index (Phi) is 5.60. The second kappa shape index (κ2) is 8.09. The first kappa shape index (κ1) is 18.7. The number of carbonyl (C=O) groups excluding carboxylic acids is 1. The monoisotopic (exact) mass is 359 g/mol. The molecule has 0 radical (unpaired) electrons. The van der Waals surface area contributed by atoms with E-state index in [0.29, 0.717) is 12.2 Å². The summed E-state index contributed by atoms with van der Waals surface area (Å²) in [6, 6.07) is 25.2. The molecule has 0 aliphatic rings. The van der Waals surface area contributed by atoms with Gasteiger partial charge in [-0.15, -0.1) is 0 Å². The molecule has 0 spiro atoms. The van der Waals surface area contributed by atoms with E-state index in [2.05, 4.69) is 38.2 Å². The van der Waals surface area contributed by atoms with Gasteiger partial charge in [-0.2, -0.15) is 0 Å². The maximum Gasteiger partial charge on any atom is 0.255 e. The van der Waals surface area contributed by atoms with Crippen LogP contribution >= 0.6 is 0 Å². The summed E-state index contributed by atoms with van der Waals surface area (Å²) < 4.78 is 5.76. The zero-order valence-corrected chi connectivity index (χ0v) is 16.0. The molecule has 27 heavy (non-hydrogen) atoms. The van der Waals surface area contributed by atoms with Crippen LogP contribution in [0.4, 0.5) is 5.69 Å². The van der Waals surface area contributed by atoms with Gasteiger partial charge in [-0.1, -0.05) is 63.2 Å². The normalized spacial score (nSPS) is 11.1. The summed E-state index contributed by atoms with van der Waals surface area (Å²) in [5, 5.41) is 2.93. The molecule has 0 heterocycles. The number of hydrogen-bond acceptors (Lipinski definition) is 2. The molecule has 3 nitrogen and oxygen atoms in total. The predicted octanol–water partition coefficient (Wildman–Crippen LogP) is 5.82. The van der Waals surface area contributed by atoms with Crippen molar-refractivity contribution in [1.29, 1.82) is 0 Å². The lowest BCUT2D eigenvalue weighted by molar-refractivity contribution is 0.102. The summed E-state index contributed by atoms with van der Waals surface area (Å²) in [7, 11) is 0. The van der Waals surface area contributed by atoms with E-state index in [1.54, 1.807) is 12.1 Å². The number of carbonyl (C=O) groups is 1. The predicted molar refractivity (Wildman–Crippen MR) is 110 cm³/mol. The lowest BCUT2D eigenvalue weighted by atomic mass is 9.87. The van der Waals surface area contributed by atoms with Crippen molar-refractivity contribution in [3.8, 4) is 5.75 Å². The number of anilines is 1. The molecule has 0 atom stereocenters. The van der Waals surface area contributed by atoms with Crippen molar-refractivity contribution in [1.82, 2.24) is 0 Å². The average molecular weight is 359 g/mol. The Bertz CT molecular complexity index is 876. The molecule has 0 aromatic heterocycles. The molecule has 1 amide bonds. The molecular weight excluding hydrogens is 334 g/mol. The minimum atomic E-state index is -0.131. The molecule has 0 fully saturated rings. The van der Waals surface area contributed by atoms with Crippen molar-refractivity contribution in [2.45, 2.75) is 32.8 Å². The topological polar surface area (TPSA) is 38.3 Å². The van der Waals surface area contributed by atoms with Gasteiger partial charge >= 0.3 is 0 Å². The Morgan fingerprint density at radius 1 is 0.852 bits per heavy atom. The van der Waals surface area contributed by atoms with Crippen LogP contribution in [0.3, 0.4) is 0 Å². The highest BCUT2D eigenvalue weighted by Gasteiger charge is 2.13. The largest absolute Gasteiger partial charge is 0.489 e. The average Bonchev–Trinajstić information content (AvgIpc) is 2.67. The first-order valence-corrected chi connectivity index (χ1v) is 9.10. The fraction of sp³-hybridized carbons (Fsp3) is 0.208. The quantitative estimate of drug-likeness (QED) is 0.624. The van der Waals surface area contributed by atoms with Gasteiger partial charge in [-0.25, -0.2) is 0 Å². The van der Waals surface area contributed by atoms with Crippen LogP contribution in [-0.4, -0.2) is 5.91 Å². The van der Waals surface area contributed by atoms with Gasteiger partial charge in [0.05, 0.1) is 0 Å². The van der Waals surface area contributed by atoms with Gasteiger partial charge in [-0.3, -0.25) is 4.79 Å². The maximum absolute atomic E-state index is 12.4. The molecular formula is C24H25NO2. The first-order chi connectivity index (χ1) is 12.9. The molecule has 0 aliphatic heterocycles. The van der Waals surface area contributed by atoms with Gasteiger partial charge < -0.3 is 10.1 Å². The zero-order chi connectivity index (χ0) is 19.3. The maximum atomic E-state index is 12.4. The molecule has 3 aromatic rings. The molecule has 3 heteroatoms. The van der Waals surface area contributed by atoms with Crippen LogP contribution in [0.1, 0.15) is 42.3 Å². The van der Waals surface area contributed by atoms with Crippen LogP contribution in [0, 0.1) is 0 Å². The van der Waals surface area contributed by atoms with Crippen molar-refractivity contribution < 1.29 is 9.53 Å². The molecule has 138 valence electrons.